The maximum absolute atomic E-state index is 3.48. The summed E-state index contributed by atoms with van der Waals surface area (Å²) in [6.07, 6.45) is 4.20. The van der Waals surface area contributed by atoms with Gasteiger partial charge in [0, 0.05) is 17.6 Å². The first-order valence-corrected chi connectivity index (χ1v) is 5.49. The smallest absolute Gasteiger partial charge is 0.0449 e. The highest BCUT2D eigenvalue weighted by Gasteiger charge is 2.31. The van der Waals surface area contributed by atoms with Gasteiger partial charge in [0.15, 0.2) is 0 Å². The van der Waals surface area contributed by atoms with Gasteiger partial charge in [0.2, 0.25) is 0 Å². The summed E-state index contributed by atoms with van der Waals surface area (Å²) in [6.45, 7) is 3.51. The van der Waals surface area contributed by atoms with Gasteiger partial charge in [0.25, 0.3) is 0 Å². The second-order valence-electron chi connectivity index (χ2n) is 4.03. The lowest BCUT2D eigenvalue weighted by molar-refractivity contribution is 0.180. The number of nitrogens with one attached hydrogen (secondary N) is 1. The second-order valence-corrected chi connectivity index (χ2v) is 4.81. The summed E-state index contributed by atoms with van der Waals surface area (Å²) in [6, 6.07) is 2.15. The van der Waals surface area contributed by atoms with E-state index < -0.39 is 0 Å². The fraction of sp³-hybridized carbons (Fsp3) is 0.600. The van der Waals surface area contributed by atoms with E-state index in [9.17, 15) is 0 Å². The van der Waals surface area contributed by atoms with Crippen molar-refractivity contribution in [2.75, 3.05) is 11.9 Å². The zero-order valence-electron chi connectivity index (χ0n) is 7.47. The maximum Gasteiger partial charge on any atom is 0.0449 e. The first-order chi connectivity index (χ1) is 5.79. The molecule has 12 heavy (non-hydrogen) atoms. The third kappa shape index (κ3) is 1.63. The normalized spacial score (nSPS) is 20.1. The lowest BCUT2D eigenvalue weighted by Gasteiger charge is -2.38. The minimum atomic E-state index is 0.585. The molecule has 0 spiro atoms. The molecule has 1 nitrogen and oxygen atoms in total. The van der Waals surface area contributed by atoms with E-state index in [1.165, 1.54) is 24.9 Å². The number of thiophene rings is 1. The Labute approximate surface area is 77.8 Å². The summed E-state index contributed by atoms with van der Waals surface area (Å²) in [4.78, 5) is 0. The molecule has 0 bridgehead atoms. The van der Waals surface area contributed by atoms with E-state index in [-0.39, 0.29) is 0 Å². The van der Waals surface area contributed by atoms with E-state index >= 15 is 0 Å². The van der Waals surface area contributed by atoms with Gasteiger partial charge in [-0.25, -0.2) is 0 Å². The fourth-order valence-corrected chi connectivity index (χ4v) is 2.25. The Bertz CT molecular complexity index is 236. The number of rotatable bonds is 3. The average Bonchev–Trinajstić information content (AvgIpc) is 2.49. The van der Waals surface area contributed by atoms with Crippen molar-refractivity contribution in [1.82, 2.24) is 0 Å². The average molecular weight is 181 g/mol. The van der Waals surface area contributed by atoms with Gasteiger partial charge in [-0.2, -0.15) is 11.3 Å². The van der Waals surface area contributed by atoms with Crippen LogP contribution in [0, 0.1) is 5.41 Å². The molecule has 0 radical (unpaired) electrons. The molecular weight excluding hydrogens is 166 g/mol. The van der Waals surface area contributed by atoms with E-state index in [0.29, 0.717) is 5.41 Å². The molecule has 1 N–H and O–H groups in total. The van der Waals surface area contributed by atoms with Crippen LogP contribution >= 0.6 is 11.3 Å². The van der Waals surface area contributed by atoms with Crippen molar-refractivity contribution in [3.63, 3.8) is 0 Å². The quantitative estimate of drug-likeness (QED) is 0.754. The summed E-state index contributed by atoms with van der Waals surface area (Å²) >= 11 is 1.75. The zero-order valence-corrected chi connectivity index (χ0v) is 8.29. The molecule has 1 saturated carbocycles. The summed E-state index contributed by atoms with van der Waals surface area (Å²) in [7, 11) is 0. The van der Waals surface area contributed by atoms with Crippen molar-refractivity contribution in [2.45, 2.75) is 26.2 Å². The van der Waals surface area contributed by atoms with E-state index in [4.69, 9.17) is 0 Å². The van der Waals surface area contributed by atoms with E-state index in [1.54, 1.807) is 11.3 Å². The van der Waals surface area contributed by atoms with Crippen LogP contribution in [-0.2, 0) is 0 Å². The van der Waals surface area contributed by atoms with Crippen molar-refractivity contribution in [2.24, 2.45) is 5.41 Å². The summed E-state index contributed by atoms with van der Waals surface area (Å²) in [5.74, 6) is 0. The highest BCUT2D eigenvalue weighted by atomic mass is 32.1. The number of anilines is 1. The van der Waals surface area contributed by atoms with Gasteiger partial charge in [0.05, 0.1) is 0 Å². The van der Waals surface area contributed by atoms with Gasteiger partial charge in [0.1, 0.15) is 0 Å². The summed E-state index contributed by atoms with van der Waals surface area (Å²) in [5.41, 5.74) is 1.87. The molecule has 66 valence electrons. The fourth-order valence-electron chi connectivity index (χ4n) is 1.64. The van der Waals surface area contributed by atoms with Crippen molar-refractivity contribution in [3.05, 3.63) is 16.8 Å². The van der Waals surface area contributed by atoms with Gasteiger partial charge in [-0.15, -0.1) is 0 Å². The van der Waals surface area contributed by atoms with Crippen LogP contribution in [0.15, 0.2) is 16.8 Å². The lowest BCUT2D eigenvalue weighted by atomic mass is 9.70. The van der Waals surface area contributed by atoms with Gasteiger partial charge in [-0.05, 0) is 29.7 Å². The van der Waals surface area contributed by atoms with Crippen LogP contribution in [0.5, 0.6) is 0 Å². The topological polar surface area (TPSA) is 12.0 Å². The first-order valence-electron chi connectivity index (χ1n) is 4.55. The monoisotopic (exact) mass is 181 g/mol. The standard InChI is InChI=1S/C10H15NS/c1-10(4-2-5-10)8-11-9-3-6-12-7-9/h3,6-7,11H,2,4-5,8H2,1H3. The molecule has 1 aromatic heterocycles. The first kappa shape index (κ1) is 8.11. The highest BCUT2D eigenvalue weighted by Crippen LogP contribution is 2.40. The van der Waals surface area contributed by atoms with Gasteiger partial charge in [-0.3, -0.25) is 0 Å². The van der Waals surface area contributed by atoms with Gasteiger partial charge >= 0.3 is 0 Å². The Balaban J connectivity index is 1.82. The molecule has 1 aromatic rings. The Hall–Kier alpha value is -0.500. The minimum Gasteiger partial charge on any atom is -0.384 e. The summed E-state index contributed by atoms with van der Waals surface area (Å²) < 4.78 is 0. The molecule has 1 fully saturated rings. The molecule has 1 aliphatic carbocycles. The Morgan fingerprint density at radius 2 is 2.42 bits per heavy atom. The van der Waals surface area contributed by atoms with E-state index in [0.717, 1.165) is 6.54 Å². The molecule has 1 heterocycles. The van der Waals surface area contributed by atoms with E-state index in [1.807, 2.05) is 0 Å². The molecule has 2 rings (SSSR count). The molecular formula is C10H15NS. The highest BCUT2D eigenvalue weighted by molar-refractivity contribution is 7.08. The van der Waals surface area contributed by atoms with Gasteiger partial charge in [-0.1, -0.05) is 13.3 Å². The van der Waals surface area contributed by atoms with Crippen LogP contribution in [-0.4, -0.2) is 6.54 Å². The SMILES string of the molecule is CC1(CNc2ccsc2)CCC1. The Morgan fingerprint density at radius 3 is 2.92 bits per heavy atom. The predicted octanol–water partition coefficient (Wildman–Crippen LogP) is 3.35. The number of hydrogen-bond acceptors (Lipinski definition) is 2. The third-order valence-electron chi connectivity index (χ3n) is 2.80. The van der Waals surface area contributed by atoms with Crippen molar-refractivity contribution in [3.8, 4) is 0 Å². The predicted molar refractivity (Wildman–Crippen MR) is 54.8 cm³/mol. The lowest BCUT2D eigenvalue weighted by Crippen LogP contribution is -2.33. The van der Waals surface area contributed by atoms with Crippen LogP contribution in [0.4, 0.5) is 5.69 Å². The molecule has 0 saturated heterocycles. The van der Waals surface area contributed by atoms with Crippen molar-refractivity contribution >= 4 is 17.0 Å². The van der Waals surface area contributed by atoms with Crippen molar-refractivity contribution in [1.29, 1.82) is 0 Å². The van der Waals surface area contributed by atoms with Crippen LogP contribution in [0.1, 0.15) is 26.2 Å². The molecule has 0 unspecified atom stereocenters. The molecule has 0 aromatic carbocycles. The molecule has 0 atom stereocenters. The van der Waals surface area contributed by atoms with Crippen LogP contribution in [0.25, 0.3) is 0 Å². The largest absolute Gasteiger partial charge is 0.384 e. The van der Waals surface area contributed by atoms with Crippen LogP contribution in [0.2, 0.25) is 0 Å². The van der Waals surface area contributed by atoms with Crippen LogP contribution < -0.4 is 5.32 Å². The summed E-state index contributed by atoms with van der Waals surface area (Å²) in [5, 5.41) is 7.76. The third-order valence-corrected chi connectivity index (χ3v) is 3.48. The maximum atomic E-state index is 3.48. The zero-order chi connectivity index (χ0) is 8.44. The Morgan fingerprint density at radius 1 is 1.58 bits per heavy atom. The molecule has 0 aliphatic heterocycles. The van der Waals surface area contributed by atoms with Crippen LogP contribution in [0.3, 0.4) is 0 Å². The second kappa shape index (κ2) is 3.09. The molecule has 2 heteroatoms. The molecule has 1 aliphatic rings. The van der Waals surface area contributed by atoms with Gasteiger partial charge < -0.3 is 5.32 Å². The van der Waals surface area contributed by atoms with Crippen molar-refractivity contribution < 1.29 is 0 Å². The number of hydrogen-bond donors (Lipinski definition) is 1. The Kier molecular flexibility index (Phi) is 2.09. The molecule has 0 amide bonds. The minimum absolute atomic E-state index is 0.585. The van der Waals surface area contributed by atoms with E-state index in [2.05, 4.69) is 29.1 Å².